The molecule has 1 saturated heterocycles. The van der Waals surface area contributed by atoms with E-state index in [0.717, 1.165) is 13.0 Å². The Morgan fingerprint density at radius 1 is 1.50 bits per heavy atom. The lowest BCUT2D eigenvalue weighted by molar-refractivity contribution is 0.0942. The molecule has 1 heterocycles. The lowest BCUT2D eigenvalue weighted by Gasteiger charge is -2.32. The van der Waals surface area contributed by atoms with Crippen molar-refractivity contribution in [2.75, 3.05) is 13.1 Å². The van der Waals surface area contributed by atoms with E-state index in [1.165, 1.54) is 25.0 Å². The van der Waals surface area contributed by atoms with Gasteiger partial charge in [-0.2, -0.15) is 0 Å². The first-order valence-electron chi connectivity index (χ1n) is 7.39. The molecule has 4 heteroatoms. The summed E-state index contributed by atoms with van der Waals surface area (Å²) >= 11 is 0. The van der Waals surface area contributed by atoms with E-state index in [4.69, 9.17) is 0 Å². The number of halogens is 1. The first-order valence-corrected chi connectivity index (χ1v) is 7.39. The number of aryl methyl sites for hydroxylation is 1. The van der Waals surface area contributed by atoms with E-state index in [0.29, 0.717) is 29.6 Å². The van der Waals surface area contributed by atoms with Gasteiger partial charge in [-0.05, 0) is 56.0 Å². The maximum atomic E-state index is 13.2. The van der Waals surface area contributed by atoms with Gasteiger partial charge in [0.2, 0.25) is 0 Å². The molecule has 0 spiro atoms. The Labute approximate surface area is 120 Å². The smallest absolute Gasteiger partial charge is 0.251 e. The number of nitrogens with one attached hydrogen (secondary N) is 2. The molecule has 20 heavy (non-hydrogen) atoms. The lowest BCUT2D eigenvalue weighted by atomic mass is 9.88. The van der Waals surface area contributed by atoms with Crippen LogP contribution in [0.2, 0.25) is 0 Å². The molecule has 0 bridgehead atoms. The van der Waals surface area contributed by atoms with Gasteiger partial charge in [0.1, 0.15) is 5.82 Å². The molecule has 1 aromatic carbocycles. The van der Waals surface area contributed by atoms with Crippen molar-refractivity contribution < 1.29 is 9.18 Å². The Morgan fingerprint density at radius 2 is 2.30 bits per heavy atom. The Bertz CT molecular complexity index is 476. The zero-order chi connectivity index (χ0) is 14.5. The highest BCUT2D eigenvalue weighted by molar-refractivity contribution is 5.94. The van der Waals surface area contributed by atoms with Crippen molar-refractivity contribution in [1.29, 1.82) is 0 Å². The number of benzene rings is 1. The maximum absolute atomic E-state index is 13.2. The van der Waals surface area contributed by atoms with Gasteiger partial charge in [0.15, 0.2) is 0 Å². The molecule has 1 fully saturated rings. The van der Waals surface area contributed by atoms with Crippen molar-refractivity contribution in [3.63, 3.8) is 0 Å². The summed E-state index contributed by atoms with van der Waals surface area (Å²) in [6.07, 6.45) is 3.56. The third-order valence-electron chi connectivity index (χ3n) is 4.15. The van der Waals surface area contributed by atoms with Gasteiger partial charge in [-0.3, -0.25) is 4.79 Å². The standard InChI is InChI=1S/C16H23FN2O/c1-3-12-5-4-8-18-15(12)10-19-16(20)13-6-7-14(17)11(2)9-13/h6-7,9,12,15,18H,3-5,8,10H2,1-2H3,(H,19,20). The summed E-state index contributed by atoms with van der Waals surface area (Å²) in [5.74, 6) is 0.218. The minimum atomic E-state index is -0.276. The second kappa shape index (κ2) is 6.84. The van der Waals surface area contributed by atoms with Crippen molar-refractivity contribution in [1.82, 2.24) is 10.6 Å². The lowest BCUT2D eigenvalue weighted by Crippen LogP contribution is -2.48. The molecule has 2 unspecified atom stereocenters. The molecule has 0 aliphatic carbocycles. The highest BCUT2D eigenvalue weighted by Crippen LogP contribution is 2.19. The third-order valence-corrected chi connectivity index (χ3v) is 4.15. The van der Waals surface area contributed by atoms with E-state index in [1.54, 1.807) is 13.0 Å². The molecule has 0 saturated carbocycles. The fraction of sp³-hybridized carbons (Fsp3) is 0.562. The molecule has 0 aromatic heterocycles. The molecule has 2 N–H and O–H groups in total. The molecule has 1 aliphatic rings. The fourth-order valence-corrected chi connectivity index (χ4v) is 2.84. The number of hydrogen-bond acceptors (Lipinski definition) is 2. The zero-order valence-electron chi connectivity index (χ0n) is 12.2. The number of carbonyl (C=O) groups excluding carboxylic acids is 1. The van der Waals surface area contributed by atoms with Crippen LogP contribution in [0.1, 0.15) is 42.1 Å². The van der Waals surface area contributed by atoms with Gasteiger partial charge in [-0.1, -0.05) is 13.3 Å². The SMILES string of the molecule is CCC1CCCNC1CNC(=O)c1ccc(F)c(C)c1. The van der Waals surface area contributed by atoms with Gasteiger partial charge in [-0.25, -0.2) is 4.39 Å². The molecular weight excluding hydrogens is 255 g/mol. The third kappa shape index (κ3) is 3.57. The van der Waals surface area contributed by atoms with Gasteiger partial charge in [-0.15, -0.1) is 0 Å². The van der Waals surface area contributed by atoms with E-state index in [-0.39, 0.29) is 11.7 Å². The summed E-state index contributed by atoms with van der Waals surface area (Å²) in [5, 5.41) is 6.43. The summed E-state index contributed by atoms with van der Waals surface area (Å²) in [5.41, 5.74) is 1.02. The van der Waals surface area contributed by atoms with Crippen molar-refractivity contribution in [3.05, 3.63) is 35.1 Å². The number of rotatable bonds is 4. The van der Waals surface area contributed by atoms with Crippen LogP contribution in [-0.4, -0.2) is 25.0 Å². The summed E-state index contributed by atoms with van der Waals surface area (Å²) in [6, 6.07) is 4.82. The van der Waals surface area contributed by atoms with Gasteiger partial charge in [0.25, 0.3) is 5.91 Å². The van der Waals surface area contributed by atoms with Crippen molar-refractivity contribution in [3.8, 4) is 0 Å². The summed E-state index contributed by atoms with van der Waals surface area (Å²) in [6.45, 7) is 5.51. The van der Waals surface area contributed by atoms with Crippen molar-refractivity contribution in [2.24, 2.45) is 5.92 Å². The highest BCUT2D eigenvalue weighted by atomic mass is 19.1. The van der Waals surface area contributed by atoms with Crippen LogP contribution in [0.3, 0.4) is 0 Å². The quantitative estimate of drug-likeness (QED) is 0.889. The van der Waals surface area contributed by atoms with Crippen LogP contribution in [0.15, 0.2) is 18.2 Å². The predicted molar refractivity (Wildman–Crippen MR) is 78.3 cm³/mol. The molecule has 1 aliphatic heterocycles. The number of carbonyl (C=O) groups is 1. The van der Waals surface area contributed by atoms with Crippen LogP contribution >= 0.6 is 0 Å². The minimum Gasteiger partial charge on any atom is -0.350 e. The van der Waals surface area contributed by atoms with Gasteiger partial charge in [0, 0.05) is 18.2 Å². The molecule has 110 valence electrons. The number of piperidine rings is 1. The van der Waals surface area contributed by atoms with Crippen LogP contribution in [0.4, 0.5) is 4.39 Å². The van der Waals surface area contributed by atoms with Crippen LogP contribution in [0, 0.1) is 18.7 Å². The number of hydrogen-bond donors (Lipinski definition) is 2. The molecular formula is C16H23FN2O. The summed E-state index contributed by atoms with van der Waals surface area (Å²) in [4.78, 5) is 12.1. The van der Waals surface area contributed by atoms with E-state index < -0.39 is 0 Å². The molecule has 3 nitrogen and oxygen atoms in total. The Hall–Kier alpha value is -1.42. The minimum absolute atomic E-state index is 0.129. The van der Waals surface area contributed by atoms with Crippen LogP contribution in [0.25, 0.3) is 0 Å². The van der Waals surface area contributed by atoms with Gasteiger partial charge < -0.3 is 10.6 Å². The van der Waals surface area contributed by atoms with Crippen molar-refractivity contribution in [2.45, 2.75) is 39.2 Å². The molecule has 1 aromatic rings. The van der Waals surface area contributed by atoms with Gasteiger partial charge in [0.05, 0.1) is 0 Å². The monoisotopic (exact) mass is 278 g/mol. The van der Waals surface area contributed by atoms with Crippen LogP contribution < -0.4 is 10.6 Å². The normalized spacial score (nSPS) is 22.6. The first-order chi connectivity index (χ1) is 9.61. The average Bonchev–Trinajstić information content (AvgIpc) is 2.47. The first kappa shape index (κ1) is 15.0. The highest BCUT2D eigenvalue weighted by Gasteiger charge is 2.23. The summed E-state index contributed by atoms with van der Waals surface area (Å²) < 4.78 is 13.2. The second-order valence-corrected chi connectivity index (χ2v) is 5.55. The van der Waals surface area contributed by atoms with Crippen LogP contribution in [0.5, 0.6) is 0 Å². The fourth-order valence-electron chi connectivity index (χ4n) is 2.84. The largest absolute Gasteiger partial charge is 0.350 e. The Balaban J connectivity index is 1.92. The number of amides is 1. The predicted octanol–water partition coefficient (Wildman–Crippen LogP) is 2.64. The van der Waals surface area contributed by atoms with E-state index in [1.807, 2.05) is 0 Å². The zero-order valence-corrected chi connectivity index (χ0v) is 12.2. The summed E-state index contributed by atoms with van der Waals surface area (Å²) in [7, 11) is 0. The van der Waals surface area contributed by atoms with E-state index >= 15 is 0 Å². The molecule has 1 amide bonds. The Morgan fingerprint density at radius 3 is 3.00 bits per heavy atom. The molecule has 0 radical (unpaired) electrons. The topological polar surface area (TPSA) is 41.1 Å². The van der Waals surface area contributed by atoms with E-state index in [9.17, 15) is 9.18 Å². The molecule has 2 rings (SSSR count). The Kier molecular flexibility index (Phi) is 5.12. The average molecular weight is 278 g/mol. The van der Waals surface area contributed by atoms with Crippen molar-refractivity contribution >= 4 is 5.91 Å². The second-order valence-electron chi connectivity index (χ2n) is 5.55. The van der Waals surface area contributed by atoms with E-state index in [2.05, 4.69) is 17.6 Å². The van der Waals surface area contributed by atoms with Crippen LogP contribution in [-0.2, 0) is 0 Å². The molecule has 2 atom stereocenters. The maximum Gasteiger partial charge on any atom is 0.251 e. The van der Waals surface area contributed by atoms with Gasteiger partial charge >= 0.3 is 0 Å².